The van der Waals surface area contributed by atoms with Gasteiger partial charge in [0.05, 0.1) is 15.6 Å². The molecule has 0 unspecified atom stereocenters. The Kier molecular flexibility index (Phi) is 3.85. The molecule has 0 atom stereocenters. The van der Waals surface area contributed by atoms with Gasteiger partial charge < -0.3 is 0 Å². The molecule has 2 nitrogen and oxygen atoms in total. The lowest BCUT2D eigenvalue weighted by atomic mass is 10.1. The van der Waals surface area contributed by atoms with Crippen LogP contribution in [0.5, 0.6) is 0 Å². The van der Waals surface area contributed by atoms with Crippen molar-refractivity contribution in [2.24, 2.45) is 0 Å². The number of nitrogens with zero attached hydrogens (tertiary/aromatic N) is 1. The van der Waals surface area contributed by atoms with Gasteiger partial charge >= 0.3 is 0 Å². The largest absolute Gasteiger partial charge is 0.298 e. The van der Waals surface area contributed by atoms with Gasteiger partial charge in [-0.2, -0.15) is 0 Å². The molecule has 1 aromatic carbocycles. The van der Waals surface area contributed by atoms with Crippen molar-refractivity contribution >= 4 is 41.1 Å². The van der Waals surface area contributed by atoms with Crippen LogP contribution in [0.1, 0.15) is 10.4 Å². The third-order valence-electron chi connectivity index (χ3n) is 2.29. The highest BCUT2D eigenvalue weighted by atomic mass is 35.5. The fourth-order valence-corrected chi connectivity index (χ4v) is 2.16. The van der Waals surface area contributed by atoms with Gasteiger partial charge in [-0.25, -0.2) is 4.39 Å². The molecule has 0 spiro atoms. The van der Waals surface area contributed by atoms with Gasteiger partial charge in [0, 0.05) is 16.8 Å². The summed E-state index contributed by atoms with van der Waals surface area (Å²) in [4.78, 5) is 14.5. The summed E-state index contributed by atoms with van der Waals surface area (Å²) in [6.45, 7) is 0. The summed E-state index contributed by atoms with van der Waals surface area (Å²) >= 11 is 17.7. The fourth-order valence-electron chi connectivity index (χ4n) is 1.47. The Morgan fingerprint density at radius 3 is 2.61 bits per heavy atom. The van der Waals surface area contributed by atoms with Gasteiger partial charge in [0.25, 0.3) is 0 Å². The minimum atomic E-state index is -0.757. The Labute approximate surface area is 117 Å². The number of pyridine rings is 1. The molecule has 0 aliphatic carbocycles. The molecule has 18 heavy (non-hydrogen) atoms. The van der Waals surface area contributed by atoms with E-state index in [2.05, 4.69) is 4.98 Å². The minimum absolute atomic E-state index is 0.0611. The summed E-state index contributed by atoms with van der Waals surface area (Å²) < 4.78 is 14.0. The van der Waals surface area contributed by atoms with Crippen LogP contribution < -0.4 is 0 Å². The Hall–Kier alpha value is -1.16. The van der Waals surface area contributed by atoms with Crippen molar-refractivity contribution in [2.45, 2.75) is 0 Å². The topological polar surface area (TPSA) is 30.0 Å². The highest BCUT2D eigenvalue weighted by Gasteiger charge is 2.16. The van der Waals surface area contributed by atoms with Crippen LogP contribution in [0.2, 0.25) is 15.1 Å². The van der Waals surface area contributed by atoms with E-state index in [0.717, 1.165) is 0 Å². The van der Waals surface area contributed by atoms with Gasteiger partial charge in [-0.3, -0.25) is 9.78 Å². The van der Waals surface area contributed by atoms with Crippen molar-refractivity contribution in [1.82, 2.24) is 4.98 Å². The molecule has 0 radical (unpaired) electrons. The van der Waals surface area contributed by atoms with E-state index in [1.54, 1.807) is 0 Å². The standard InChI is InChI=1S/C12H5Cl3FNO/c13-7-3-8(10(15)9(14)4-7)12-11(16)6(5-18)1-2-17-12/h1-5H. The molecule has 0 N–H and O–H groups in total. The second kappa shape index (κ2) is 5.22. The first-order chi connectivity index (χ1) is 8.54. The predicted octanol–water partition coefficient (Wildman–Crippen LogP) is 4.66. The molecule has 1 heterocycles. The first kappa shape index (κ1) is 13.3. The molecular weight excluding hydrogens is 299 g/mol. The van der Waals surface area contributed by atoms with Crippen molar-refractivity contribution < 1.29 is 9.18 Å². The van der Waals surface area contributed by atoms with Crippen molar-refractivity contribution in [1.29, 1.82) is 0 Å². The molecule has 6 heteroatoms. The van der Waals surface area contributed by atoms with E-state index in [1.807, 2.05) is 0 Å². The van der Waals surface area contributed by atoms with Crippen LogP contribution in [0.4, 0.5) is 4.39 Å². The van der Waals surface area contributed by atoms with Gasteiger partial charge in [0.2, 0.25) is 0 Å². The summed E-state index contributed by atoms with van der Waals surface area (Å²) in [5.74, 6) is -0.757. The van der Waals surface area contributed by atoms with Crippen LogP contribution in [0.25, 0.3) is 11.3 Å². The van der Waals surface area contributed by atoms with Crippen LogP contribution in [-0.2, 0) is 0 Å². The van der Waals surface area contributed by atoms with Crippen LogP contribution >= 0.6 is 34.8 Å². The quantitative estimate of drug-likeness (QED) is 0.596. The van der Waals surface area contributed by atoms with Crippen molar-refractivity contribution in [3.05, 3.63) is 50.8 Å². The molecule has 2 rings (SSSR count). The Morgan fingerprint density at radius 2 is 1.94 bits per heavy atom. The number of carbonyl (C=O) groups excluding carboxylic acids is 1. The molecular formula is C12H5Cl3FNO. The lowest BCUT2D eigenvalue weighted by Crippen LogP contribution is -1.96. The van der Waals surface area contributed by atoms with Crippen molar-refractivity contribution in [3.63, 3.8) is 0 Å². The monoisotopic (exact) mass is 303 g/mol. The highest BCUT2D eigenvalue weighted by Crippen LogP contribution is 2.36. The molecule has 2 aromatic rings. The van der Waals surface area contributed by atoms with Gasteiger partial charge in [-0.05, 0) is 18.2 Å². The first-order valence-electron chi connectivity index (χ1n) is 4.79. The van der Waals surface area contributed by atoms with Crippen LogP contribution in [0, 0.1) is 5.82 Å². The number of hydrogen-bond donors (Lipinski definition) is 0. The zero-order valence-electron chi connectivity index (χ0n) is 8.75. The fraction of sp³-hybridized carbons (Fsp3) is 0. The van der Waals surface area contributed by atoms with E-state index >= 15 is 0 Å². The summed E-state index contributed by atoms with van der Waals surface area (Å²) in [6.07, 6.45) is 1.72. The SMILES string of the molecule is O=Cc1ccnc(-c2cc(Cl)cc(Cl)c2Cl)c1F. The average Bonchev–Trinajstić information content (AvgIpc) is 2.34. The summed E-state index contributed by atoms with van der Waals surface area (Å²) in [7, 11) is 0. The normalized spacial score (nSPS) is 10.4. The summed E-state index contributed by atoms with van der Waals surface area (Å²) in [5, 5.41) is 0.629. The molecule has 0 saturated carbocycles. The van der Waals surface area contributed by atoms with Crippen LogP contribution in [0.15, 0.2) is 24.4 Å². The number of halogens is 4. The number of aldehydes is 1. The van der Waals surface area contributed by atoms with Crippen LogP contribution in [0.3, 0.4) is 0 Å². The van der Waals surface area contributed by atoms with Gasteiger partial charge in [0.15, 0.2) is 12.1 Å². The third kappa shape index (κ3) is 2.34. The van der Waals surface area contributed by atoms with Crippen molar-refractivity contribution in [2.75, 3.05) is 0 Å². The number of carbonyl (C=O) groups is 1. The van der Waals surface area contributed by atoms with E-state index < -0.39 is 5.82 Å². The molecule has 0 bridgehead atoms. The predicted molar refractivity (Wildman–Crippen MR) is 70.0 cm³/mol. The second-order valence-corrected chi connectivity index (χ2v) is 4.65. The zero-order chi connectivity index (χ0) is 13.3. The maximum atomic E-state index is 14.0. The lowest BCUT2D eigenvalue weighted by molar-refractivity contribution is 0.111. The minimum Gasteiger partial charge on any atom is -0.298 e. The Morgan fingerprint density at radius 1 is 1.22 bits per heavy atom. The number of rotatable bonds is 2. The molecule has 92 valence electrons. The smallest absolute Gasteiger partial charge is 0.160 e. The maximum Gasteiger partial charge on any atom is 0.160 e. The van der Waals surface area contributed by atoms with Crippen LogP contribution in [-0.4, -0.2) is 11.3 Å². The second-order valence-electron chi connectivity index (χ2n) is 3.43. The number of aromatic nitrogens is 1. The lowest BCUT2D eigenvalue weighted by Gasteiger charge is -2.08. The van der Waals surface area contributed by atoms with Gasteiger partial charge in [-0.15, -0.1) is 0 Å². The molecule has 0 aliphatic rings. The number of hydrogen-bond acceptors (Lipinski definition) is 2. The van der Waals surface area contributed by atoms with Gasteiger partial charge in [-0.1, -0.05) is 34.8 Å². The molecule has 1 aromatic heterocycles. The van der Waals surface area contributed by atoms with E-state index in [1.165, 1.54) is 24.4 Å². The first-order valence-corrected chi connectivity index (χ1v) is 5.92. The van der Waals surface area contributed by atoms with E-state index in [-0.39, 0.29) is 26.9 Å². The highest BCUT2D eigenvalue weighted by molar-refractivity contribution is 6.45. The molecule has 0 amide bonds. The maximum absolute atomic E-state index is 14.0. The Balaban J connectivity index is 2.73. The van der Waals surface area contributed by atoms with Gasteiger partial charge in [0.1, 0.15) is 5.69 Å². The summed E-state index contributed by atoms with van der Waals surface area (Å²) in [5.41, 5.74) is 0.0801. The average molecular weight is 305 g/mol. The zero-order valence-corrected chi connectivity index (χ0v) is 11.0. The van der Waals surface area contributed by atoms with Crippen molar-refractivity contribution in [3.8, 4) is 11.3 Å². The molecule has 0 aliphatic heterocycles. The third-order valence-corrected chi connectivity index (χ3v) is 3.31. The van der Waals surface area contributed by atoms with E-state index in [0.29, 0.717) is 11.3 Å². The summed E-state index contributed by atoms with van der Waals surface area (Å²) in [6, 6.07) is 4.15. The Bertz CT molecular complexity index is 631. The molecule has 0 fully saturated rings. The van der Waals surface area contributed by atoms with E-state index in [9.17, 15) is 9.18 Å². The molecule has 0 saturated heterocycles. The number of benzene rings is 1. The van der Waals surface area contributed by atoms with E-state index in [4.69, 9.17) is 34.8 Å².